The van der Waals surface area contributed by atoms with E-state index in [1.807, 2.05) is 4.90 Å². The maximum Gasteiger partial charge on any atom is 0.269 e. The van der Waals surface area contributed by atoms with Crippen molar-refractivity contribution in [3.63, 3.8) is 0 Å². The van der Waals surface area contributed by atoms with E-state index in [1.54, 1.807) is 12.1 Å². The van der Waals surface area contributed by atoms with Gasteiger partial charge < -0.3 is 15.2 Å². The molecule has 178 valence electrons. The Morgan fingerprint density at radius 1 is 1.09 bits per heavy atom. The third kappa shape index (κ3) is 4.25. The van der Waals surface area contributed by atoms with Crippen LogP contribution in [0.4, 0.5) is 14.5 Å². The molecule has 2 N–H and O–H groups in total. The molecule has 0 spiro atoms. The molecular weight excluding hydrogens is 442 g/mol. The summed E-state index contributed by atoms with van der Waals surface area (Å²) in [6, 6.07) is 7.59. The molecule has 3 heterocycles. The number of H-pyrrole nitrogens is 1. The molecule has 2 aromatic heterocycles. The van der Waals surface area contributed by atoms with Gasteiger partial charge in [-0.25, -0.2) is 14.4 Å². The first-order valence-corrected chi connectivity index (χ1v) is 11.5. The SMILES string of the molecule is CNC(=O)c1ccc(N2CCN([C@H]3CC[C@@H](c4nc5ccc(F)cc5c(=O)[nH]4)C3)CC2)c(F)n1. The lowest BCUT2D eigenvalue weighted by Crippen LogP contribution is -2.50. The molecule has 1 aliphatic heterocycles. The number of nitrogens with one attached hydrogen (secondary N) is 2. The van der Waals surface area contributed by atoms with E-state index in [-0.39, 0.29) is 22.6 Å². The number of rotatable bonds is 4. The number of aromatic amines is 1. The number of carbonyl (C=O) groups excluding carboxylic acids is 1. The summed E-state index contributed by atoms with van der Waals surface area (Å²) in [6.45, 7) is 2.90. The van der Waals surface area contributed by atoms with Crippen molar-refractivity contribution < 1.29 is 13.6 Å². The second-order valence-corrected chi connectivity index (χ2v) is 8.89. The fourth-order valence-corrected chi connectivity index (χ4v) is 5.11. The first kappa shape index (κ1) is 22.4. The molecule has 3 aromatic rings. The van der Waals surface area contributed by atoms with Crippen molar-refractivity contribution in [1.82, 2.24) is 25.2 Å². The fraction of sp³-hybridized carbons (Fsp3) is 0.417. The highest BCUT2D eigenvalue weighted by atomic mass is 19.1. The number of fused-ring (bicyclic) bond motifs is 1. The van der Waals surface area contributed by atoms with Crippen LogP contribution in [0.5, 0.6) is 0 Å². The van der Waals surface area contributed by atoms with E-state index < -0.39 is 17.7 Å². The molecule has 0 radical (unpaired) electrons. The number of aromatic nitrogens is 3. The van der Waals surface area contributed by atoms with Gasteiger partial charge in [-0.15, -0.1) is 0 Å². The minimum Gasteiger partial charge on any atom is -0.365 e. The van der Waals surface area contributed by atoms with E-state index >= 15 is 0 Å². The Kier molecular flexibility index (Phi) is 5.99. The molecule has 1 aliphatic carbocycles. The molecule has 34 heavy (non-hydrogen) atoms. The molecule has 0 bridgehead atoms. The van der Waals surface area contributed by atoms with Gasteiger partial charge in [0, 0.05) is 45.2 Å². The highest BCUT2D eigenvalue weighted by molar-refractivity contribution is 5.92. The first-order valence-electron chi connectivity index (χ1n) is 11.5. The second kappa shape index (κ2) is 9.09. The molecular formula is C24H26F2N6O2. The normalized spacial score (nSPS) is 21.2. The first-order chi connectivity index (χ1) is 16.4. The molecule has 0 unspecified atom stereocenters. The minimum absolute atomic E-state index is 0.0601. The maximum atomic E-state index is 14.5. The second-order valence-electron chi connectivity index (χ2n) is 8.89. The molecule has 2 atom stereocenters. The summed E-state index contributed by atoms with van der Waals surface area (Å²) in [7, 11) is 1.48. The van der Waals surface area contributed by atoms with Crippen LogP contribution in [0.2, 0.25) is 0 Å². The Hall–Kier alpha value is -3.40. The largest absolute Gasteiger partial charge is 0.365 e. The topological polar surface area (TPSA) is 94.2 Å². The van der Waals surface area contributed by atoms with Gasteiger partial charge in [0.05, 0.1) is 16.6 Å². The molecule has 1 aromatic carbocycles. The number of carbonyl (C=O) groups is 1. The Balaban J connectivity index is 1.22. The summed E-state index contributed by atoms with van der Waals surface area (Å²) < 4.78 is 28.0. The van der Waals surface area contributed by atoms with Crippen molar-refractivity contribution in [3.05, 3.63) is 64.0 Å². The zero-order chi connectivity index (χ0) is 23.8. The van der Waals surface area contributed by atoms with Crippen molar-refractivity contribution >= 4 is 22.5 Å². The van der Waals surface area contributed by atoms with Crippen LogP contribution in [-0.4, -0.2) is 65.0 Å². The van der Waals surface area contributed by atoms with E-state index in [4.69, 9.17) is 0 Å². The van der Waals surface area contributed by atoms with Crippen molar-refractivity contribution in [2.75, 3.05) is 38.1 Å². The summed E-state index contributed by atoms with van der Waals surface area (Å²) in [5.41, 5.74) is 0.667. The molecule has 5 rings (SSSR count). The van der Waals surface area contributed by atoms with Crippen molar-refractivity contribution in [2.24, 2.45) is 0 Å². The lowest BCUT2D eigenvalue weighted by molar-refractivity contribution is 0.0957. The Morgan fingerprint density at radius 2 is 1.88 bits per heavy atom. The average Bonchev–Trinajstić information content (AvgIpc) is 3.34. The molecule has 2 fully saturated rings. The Bertz CT molecular complexity index is 1290. The van der Waals surface area contributed by atoms with Crippen molar-refractivity contribution in [2.45, 2.75) is 31.2 Å². The van der Waals surface area contributed by atoms with Crippen molar-refractivity contribution in [1.29, 1.82) is 0 Å². The van der Waals surface area contributed by atoms with Gasteiger partial charge in [0.15, 0.2) is 0 Å². The number of halogens is 2. The van der Waals surface area contributed by atoms with Crippen LogP contribution < -0.4 is 15.8 Å². The molecule has 1 amide bonds. The smallest absolute Gasteiger partial charge is 0.269 e. The van der Waals surface area contributed by atoms with Gasteiger partial charge in [-0.05, 0) is 49.6 Å². The average molecular weight is 469 g/mol. The number of nitrogens with zero attached hydrogens (tertiary/aromatic N) is 4. The summed E-state index contributed by atoms with van der Waals surface area (Å²) in [5, 5.41) is 2.71. The molecule has 8 nitrogen and oxygen atoms in total. The van der Waals surface area contributed by atoms with Crippen LogP contribution in [0.3, 0.4) is 0 Å². The third-order valence-electron chi connectivity index (χ3n) is 6.94. The predicted molar refractivity (Wildman–Crippen MR) is 124 cm³/mol. The molecule has 1 saturated heterocycles. The number of pyridine rings is 1. The van der Waals surface area contributed by atoms with Gasteiger partial charge in [-0.3, -0.25) is 14.5 Å². The number of hydrogen-bond donors (Lipinski definition) is 2. The number of benzene rings is 1. The van der Waals surface area contributed by atoms with Gasteiger partial charge >= 0.3 is 0 Å². The Morgan fingerprint density at radius 3 is 2.62 bits per heavy atom. The summed E-state index contributed by atoms with van der Waals surface area (Å²) in [4.78, 5) is 39.7. The summed E-state index contributed by atoms with van der Waals surface area (Å²) >= 11 is 0. The van der Waals surface area contributed by atoms with Gasteiger partial charge in [0.2, 0.25) is 5.95 Å². The molecule has 1 saturated carbocycles. The zero-order valence-corrected chi connectivity index (χ0v) is 18.9. The van der Waals surface area contributed by atoms with Crippen LogP contribution in [0.15, 0.2) is 35.1 Å². The third-order valence-corrected chi connectivity index (χ3v) is 6.94. The minimum atomic E-state index is -0.637. The van der Waals surface area contributed by atoms with Crippen LogP contribution in [0.25, 0.3) is 10.9 Å². The number of anilines is 1. The van der Waals surface area contributed by atoms with E-state index in [9.17, 15) is 18.4 Å². The fourth-order valence-electron chi connectivity index (χ4n) is 5.11. The van der Waals surface area contributed by atoms with E-state index in [1.165, 1.54) is 25.2 Å². The predicted octanol–water partition coefficient (Wildman–Crippen LogP) is 2.41. The van der Waals surface area contributed by atoms with Crippen LogP contribution >= 0.6 is 0 Å². The van der Waals surface area contributed by atoms with Crippen LogP contribution in [-0.2, 0) is 0 Å². The lowest BCUT2D eigenvalue weighted by atomic mass is 10.1. The quantitative estimate of drug-likeness (QED) is 0.572. The van der Waals surface area contributed by atoms with E-state index in [0.717, 1.165) is 32.4 Å². The molecule has 2 aliphatic rings. The van der Waals surface area contributed by atoms with Gasteiger partial charge in [0.25, 0.3) is 11.5 Å². The van der Waals surface area contributed by atoms with Gasteiger partial charge in [-0.1, -0.05) is 0 Å². The summed E-state index contributed by atoms with van der Waals surface area (Å²) in [5.74, 6) is -0.702. The number of amides is 1. The maximum absolute atomic E-state index is 14.5. The van der Waals surface area contributed by atoms with Gasteiger partial charge in [-0.2, -0.15) is 4.39 Å². The lowest BCUT2D eigenvalue weighted by Gasteiger charge is -2.39. The van der Waals surface area contributed by atoms with Crippen molar-refractivity contribution in [3.8, 4) is 0 Å². The highest BCUT2D eigenvalue weighted by Crippen LogP contribution is 2.36. The van der Waals surface area contributed by atoms with E-state index in [2.05, 4.69) is 25.2 Å². The van der Waals surface area contributed by atoms with Crippen LogP contribution in [0.1, 0.15) is 41.5 Å². The number of piperazine rings is 1. The zero-order valence-electron chi connectivity index (χ0n) is 18.9. The molecule has 10 heteroatoms. The van der Waals surface area contributed by atoms with Gasteiger partial charge in [0.1, 0.15) is 17.3 Å². The van der Waals surface area contributed by atoms with E-state index in [0.29, 0.717) is 36.2 Å². The highest BCUT2D eigenvalue weighted by Gasteiger charge is 2.33. The monoisotopic (exact) mass is 468 g/mol. The standard InChI is InChI=1S/C24H26F2N6O2/c1-27-24(34)19-6-7-20(21(26)28-19)32-10-8-31(9-11-32)16-4-2-14(12-16)22-29-18-5-3-15(25)13-17(18)23(33)30-22/h3,5-7,13-14,16H,2,4,8-12H2,1H3,(H,27,34)(H,29,30,33)/t14-,16+/m1/s1. The summed E-state index contributed by atoms with van der Waals surface area (Å²) in [6.07, 6.45) is 2.79. The van der Waals surface area contributed by atoms with Crippen LogP contribution in [0, 0.1) is 11.8 Å². The Labute approximate surface area is 195 Å². The number of hydrogen-bond acceptors (Lipinski definition) is 6.